The van der Waals surface area contributed by atoms with Gasteiger partial charge in [-0.15, -0.1) is 0 Å². The average Bonchev–Trinajstić information content (AvgIpc) is 3.60. The van der Waals surface area contributed by atoms with Gasteiger partial charge in [-0.05, 0) is 119 Å². The number of aliphatic hydroxyl groups is 2. The highest BCUT2D eigenvalue weighted by Gasteiger charge is 2.58. The summed E-state index contributed by atoms with van der Waals surface area (Å²) in [6, 6.07) is 6.85. The maximum atomic E-state index is 14.7. The number of rotatable bonds is 12. The van der Waals surface area contributed by atoms with Gasteiger partial charge in [0, 0.05) is 50.2 Å². The number of hydrogen-bond donors (Lipinski definition) is 3. The van der Waals surface area contributed by atoms with Crippen molar-refractivity contribution >= 4 is 23.9 Å². The van der Waals surface area contributed by atoms with Crippen LogP contribution in [0.4, 0.5) is 9.59 Å². The molecule has 0 bridgehead atoms. The maximum absolute atomic E-state index is 14.7. The molecule has 19 heteroatoms. The van der Waals surface area contributed by atoms with E-state index >= 15 is 0 Å². The van der Waals surface area contributed by atoms with Gasteiger partial charge in [-0.25, -0.2) is 15.0 Å². The highest BCUT2D eigenvalue weighted by Crippen LogP contribution is 2.42. The minimum atomic E-state index is -1.61. The zero-order chi connectivity index (χ0) is 51.3. The predicted molar refractivity (Wildman–Crippen MR) is 255 cm³/mol. The van der Waals surface area contributed by atoms with E-state index in [-0.39, 0.29) is 43.4 Å². The minimum absolute atomic E-state index is 0.0385. The van der Waals surface area contributed by atoms with E-state index in [0.717, 1.165) is 11.3 Å². The number of esters is 1. The molecule has 1 amide bonds. The Labute approximate surface area is 409 Å². The third kappa shape index (κ3) is 13.3. The van der Waals surface area contributed by atoms with Crippen LogP contribution in [0.5, 0.6) is 5.75 Å². The molecular weight excluding hydrogens is 897 g/mol. The normalized spacial score (nSPS) is 40.9. The van der Waals surface area contributed by atoms with Gasteiger partial charge in [-0.2, -0.15) is 5.10 Å². The second-order valence-corrected chi connectivity index (χ2v) is 20.9. The van der Waals surface area contributed by atoms with Crippen molar-refractivity contribution < 1.29 is 72.0 Å². The highest BCUT2D eigenvalue weighted by atomic mass is 16.8. The van der Waals surface area contributed by atoms with Crippen LogP contribution in [-0.4, -0.2) is 176 Å². The van der Waals surface area contributed by atoms with E-state index in [2.05, 4.69) is 10.5 Å². The molecule has 4 saturated heterocycles. The van der Waals surface area contributed by atoms with Crippen molar-refractivity contribution in [1.29, 1.82) is 0 Å². The number of ether oxygens (including phenoxy) is 10. The first-order valence-electron chi connectivity index (χ1n) is 24.4. The van der Waals surface area contributed by atoms with Crippen molar-refractivity contribution in [3.8, 4) is 5.75 Å². The largest absolute Gasteiger partial charge is 0.509 e. The number of amides is 1. The van der Waals surface area contributed by atoms with Crippen molar-refractivity contribution in [3.63, 3.8) is 0 Å². The number of hydrazone groups is 1. The van der Waals surface area contributed by atoms with Gasteiger partial charge in [-0.3, -0.25) is 9.69 Å². The SMILES string of the molecule is CC[C@H]1OC(=O)[C@H](C)[C@@H](O[C@H]2C[C@@](C)(OC)C(OC(=O)N/N=C(/C)Cc3ccc(OC)cc3)[C@H](C)O2)[C@H](C)[C@@H](O[C@@H]2O[C@H](C)C[C@H](N(C)C)[C@H]2O)[C@](C)(O)C[C@@H](C)CN(C)[C@H](C)[C@H]2OC(=O)O[C@@]21C. The highest BCUT2D eigenvalue weighted by molar-refractivity contribution is 5.85. The van der Waals surface area contributed by atoms with E-state index in [1.54, 1.807) is 48.7 Å². The maximum Gasteiger partial charge on any atom is 0.509 e. The van der Waals surface area contributed by atoms with Crippen LogP contribution in [0.15, 0.2) is 29.4 Å². The molecule has 19 nitrogen and oxygen atoms in total. The summed E-state index contributed by atoms with van der Waals surface area (Å²) in [5.41, 5.74) is -0.0269. The fourth-order valence-electron chi connectivity index (χ4n) is 10.9. The van der Waals surface area contributed by atoms with Gasteiger partial charge in [-0.1, -0.05) is 32.9 Å². The molecule has 0 radical (unpaired) electrons. The average molecular weight is 979 g/mol. The third-order valence-corrected chi connectivity index (χ3v) is 14.8. The van der Waals surface area contributed by atoms with E-state index in [0.29, 0.717) is 25.1 Å². The molecule has 69 heavy (non-hydrogen) atoms. The summed E-state index contributed by atoms with van der Waals surface area (Å²) < 4.78 is 61.9. The van der Waals surface area contributed by atoms with E-state index < -0.39 is 102 Å². The molecule has 18 atom stereocenters. The molecule has 4 fully saturated rings. The molecule has 1 aromatic carbocycles. The lowest BCUT2D eigenvalue weighted by Gasteiger charge is -2.49. The number of cyclic esters (lactones) is 1. The third-order valence-electron chi connectivity index (χ3n) is 14.8. The van der Waals surface area contributed by atoms with Crippen LogP contribution in [0.3, 0.4) is 0 Å². The summed E-state index contributed by atoms with van der Waals surface area (Å²) in [6.45, 7) is 20.4. The van der Waals surface area contributed by atoms with E-state index in [4.69, 9.17) is 47.4 Å². The number of methoxy groups -OCH3 is 2. The molecule has 0 spiro atoms. The topological polar surface area (TPSA) is 215 Å². The van der Waals surface area contributed by atoms with Gasteiger partial charge < -0.3 is 62.5 Å². The summed E-state index contributed by atoms with van der Waals surface area (Å²) in [7, 11) is 8.78. The van der Waals surface area contributed by atoms with Crippen LogP contribution in [0.25, 0.3) is 0 Å². The van der Waals surface area contributed by atoms with E-state index in [1.165, 1.54) is 7.11 Å². The number of nitrogens with zero attached hydrogens (tertiary/aromatic N) is 3. The van der Waals surface area contributed by atoms with Gasteiger partial charge in [0.2, 0.25) is 0 Å². The first-order valence-corrected chi connectivity index (χ1v) is 24.4. The summed E-state index contributed by atoms with van der Waals surface area (Å²) >= 11 is 0. The Morgan fingerprint density at radius 2 is 1.64 bits per heavy atom. The molecule has 1 unspecified atom stereocenters. The molecular formula is C50H82N4O15. The van der Waals surface area contributed by atoms with Crippen molar-refractivity contribution in [2.24, 2.45) is 22.9 Å². The van der Waals surface area contributed by atoms with Gasteiger partial charge in [0.05, 0.1) is 43.0 Å². The molecule has 0 saturated carbocycles. The molecule has 0 aromatic heterocycles. The fourth-order valence-corrected chi connectivity index (χ4v) is 10.9. The Kier molecular flexibility index (Phi) is 19.0. The van der Waals surface area contributed by atoms with Crippen LogP contribution in [0, 0.1) is 17.8 Å². The first kappa shape index (κ1) is 56.3. The monoisotopic (exact) mass is 979 g/mol. The number of fused-ring (bicyclic) bond motifs is 1. The standard InChI is InChI=1S/C50H82N4O15/c1-17-37-50(11)42(68-47(58)69-50)32(7)54(14)26-27(2)24-48(9,59)41(66-45-39(55)36(53(12)13)23-29(4)62-45)30(5)40(31(6)44(56)64-37)65-38-25-49(10,61-16)43(33(8)63-38)67-46(57)52-51-28(3)22-34-18-20-35(60-15)21-19-34/h18-21,27,29-33,36-43,45,55,59H,17,22-26H2,1-16H3,(H,52,57)/b51-28-/t27-,29-,30+,31-,32-,33+,36+,37-,38+,39-,40+,41-,42-,43?,45+,48-,49-,50-/m1/s1. The van der Waals surface area contributed by atoms with Gasteiger partial charge in [0.25, 0.3) is 0 Å². The number of aliphatic hydroxyl groups excluding tert-OH is 1. The number of carbonyl (C=O) groups is 3. The van der Waals surface area contributed by atoms with Crippen LogP contribution in [-0.2, 0) is 53.8 Å². The smallest absolute Gasteiger partial charge is 0.497 e. The molecule has 4 aliphatic heterocycles. The zero-order valence-corrected chi connectivity index (χ0v) is 43.8. The number of carbonyl (C=O) groups excluding carboxylic acids is 3. The van der Waals surface area contributed by atoms with E-state index in [9.17, 15) is 24.6 Å². The summed E-state index contributed by atoms with van der Waals surface area (Å²) in [6.07, 6.45) is -9.34. The summed E-state index contributed by atoms with van der Waals surface area (Å²) in [5, 5.41) is 28.8. The molecule has 4 aliphatic rings. The number of benzene rings is 1. The first-order chi connectivity index (χ1) is 32.3. The Morgan fingerprint density at radius 3 is 2.25 bits per heavy atom. The molecule has 1 aromatic rings. The van der Waals surface area contributed by atoms with E-state index in [1.807, 2.05) is 89.8 Å². The lowest BCUT2D eigenvalue weighted by atomic mass is 9.77. The number of likely N-dealkylation sites (N-methyl/N-ethyl adjacent to an activating group) is 2. The number of nitrogens with one attached hydrogen (secondary N) is 1. The van der Waals surface area contributed by atoms with Crippen LogP contribution >= 0.6 is 0 Å². The minimum Gasteiger partial charge on any atom is -0.497 e. The van der Waals surface area contributed by atoms with Crippen molar-refractivity contribution in [2.45, 2.75) is 199 Å². The molecule has 0 aliphatic carbocycles. The lowest BCUT2D eigenvalue weighted by molar-refractivity contribution is -0.317. The summed E-state index contributed by atoms with van der Waals surface area (Å²) in [5.74, 6) is -1.97. The second-order valence-electron chi connectivity index (χ2n) is 20.9. The Morgan fingerprint density at radius 1 is 0.971 bits per heavy atom. The Bertz CT molecular complexity index is 1900. The Balaban J connectivity index is 1.48. The van der Waals surface area contributed by atoms with Crippen LogP contribution in [0.1, 0.15) is 107 Å². The molecule has 3 N–H and O–H groups in total. The zero-order valence-electron chi connectivity index (χ0n) is 43.8. The van der Waals surface area contributed by atoms with Crippen LogP contribution in [0.2, 0.25) is 0 Å². The molecule has 4 heterocycles. The van der Waals surface area contributed by atoms with Gasteiger partial charge in [0.15, 0.2) is 30.4 Å². The predicted octanol–water partition coefficient (Wildman–Crippen LogP) is 5.44. The lowest BCUT2D eigenvalue weighted by Crippen LogP contribution is -2.61. The fraction of sp³-hybridized carbons (Fsp3) is 0.800. The molecule has 5 rings (SSSR count). The van der Waals surface area contributed by atoms with Gasteiger partial charge in [0.1, 0.15) is 23.6 Å². The van der Waals surface area contributed by atoms with Crippen molar-refractivity contribution in [1.82, 2.24) is 15.2 Å². The number of hydrogen-bond acceptors (Lipinski definition) is 18. The second kappa shape index (κ2) is 23.3. The van der Waals surface area contributed by atoms with Gasteiger partial charge >= 0.3 is 18.2 Å². The van der Waals surface area contributed by atoms with Crippen molar-refractivity contribution in [2.75, 3.05) is 41.9 Å². The quantitative estimate of drug-likeness (QED) is 0.103. The van der Waals surface area contributed by atoms with Crippen molar-refractivity contribution in [3.05, 3.63) is 29.8 Å². The van der Waals surface area contributed by atoms with Crippen LogP contribution < -0.4 is 10.2 Å². The summed E-state index contributed by atoms with van der Waals surface area (Å²) in [4.78, 5) is 44.9. The Hall–Kier alpha value is -3.66. The molecule has 392 valence electrons.